The Kier molecular flexibility index (Phi) is 5.36. The van der Waals surface area contributed by atoms with Gasteiger partial charge in [-0.3, -0.25) is 9.59 Å². The number of benzene rings is 1. The van der Waals surface area contributed by atoms with Crippen LogP contribution in [0.25, 0.3) is 0 Å². The highest BCUT2D eigenvalue weighted by Crippen LogP contribution is 2.20. The van der Waals surface area contributed by atoms with Crippen LogP contribution in [0.4, 0.5) is 11.5 Å². The number of carbonyl (C=O) groups is 2. The lowest BCUT2D eigenvalue weighted by atomic mass is 10.2. The maximum atomic E-state index is 12.4. The van der Waals surface area contributed by atoms with E-state index >= 15 is 0 Å². The molecule has 2 heterocycles. The van der Waals surface area contributed by atoms with Crippen molar-refractivity contribution in [1.29, 1.82) is 0 Å². The molecule has 0 unspecified atom stereocenters. The molecule has 1 aliphatic heterocycles. The number of carbonyl (C=O) groups excluding carboxylic acids is 2. The molecule has 1 fully saturated rings. The van der Waals surface area contributed by atoms with Gasteiger partial charge >= 0.3 is 0 Å². The van der Waals surface area contributed by atoms with Crippen LogP contribution in [0.1, 0.15) is 17.3 Å². The van der Waals surface area contributed by atoms with E-state index in [1.807, 2.05) is 23.1 Å². The van der Waals surface area contributed by atoms with Gasteiger partial charge in [-0.15, -0.1) is 0 Å². The fraction of sp³-hybridized carbons (Fsp3) is 0.316. The molecule has 7 nitrogen and oxygen atoms in total. The summed E-state index contributed by atoms with van der Waals surface area (Å²) in [5.74, 6) is 1.22. The average Bonchev–Trinajstić information content (AvgIpc) is 2.68. The van der Waals surface area contributed by atoms with Crippen molar-refractivity contribution in [1.82, 2.24) is 9.88 Å². The summed E-state index contributed by atoms with van der Waals surface area (Å²) in [6, 6.07) is 10.8. The number of hydrogen-bond donors (Lipinski definition) is 1. The Hall–Kier alpha value is -3.09. The summed E-state index contributed by atoms with van der Waals surface area (Å²) in [6.07, 6.45) is 1.64. The van der Waals surface area contributed by atoms with Crippen molar-refractivity contribution in [3.05, 3.63) is 48.2 Å². The van der Waals surface area contributed by atoms with Gasteiger partial charge in [-0.2, -0.15) is 0 Å². The highest BCUT2D eigenvalue weighted by Gasteiger charge is 2.19. The molecule has 26 heavy (non-hydrogen) atoms. The van der Waals surface area contributed by atoms with Crippen molar-refractivity contribution in [3.63, 3.8) is 0 Å². The van der Waals surface area contributed by atoms with Gasteiger partial charge in [0.2, 0.25) is 5.91 Å². The van der Waals surface area contributed by atoms with Crippen molar-refractivity contribution in [2.24, 2.45) is 0 Å². The molecule has 1 saturated heterocycles. The Morgan fingerprint density at radius 2 is 1.81 bits per heavy atom. The van der Waals surface area contributed by atoms with Gasteiger partial charge in [-0.05, 0) is 24.3 Å². The molecule has 1 aromatic heterocycles. The fourth-order valence-corrected chi connectivity index (χ4v) is 2.93. The highest BCUT2D eigenvalue weighted by atomic mass is 16.5. The first-order valence-corrected chi connectivity index (χ1v) is 8.49. The van der Waals surface area contributed by atoms with E-state index < -0.39 is 0 Å². The molecule has 2 amide bonds. The summed E-state index contributed by atoms with van der Waals surface area (Å²) in [6.45, 7) is 4.48. The molecule has 1 N–H and O–H groups in total. The van der Waals surface area contributed by atoms with Gasteiger partial charge < -0.3 is 19.9 Å². The largest absolute Gasteiger partial charge is 0.496 e. The molecule has 2 aromatic rings. The van der Waals surface area contributed by atoms with Crippen LogP contribution in [0, 0.1) is 0 Å². The van der Waals surface area contributed by atoms with Gasteiger partial charge in [0.25, 0.3) is 5.91 Å². The Bertz CT molecular complexity index is 784. The highest BCUT2D eigenvalue weighted by molar-refractivity contribution is 6.06. The van der Waals surface area contributed by atoms with Gasteiger partial charge in [0.15, 0.2) is 0 Å². The second-order valence-corrected chi connectivity index (χ2v) is 6.05. The number of piperazine rings is 1. The molecule has 0 bridgehead atoms. The van der Waals surface area contributed by atoms with E-state index in [2.05, 4.69) is 15.2 Å². The lowest BCUT2D eigenvalue weighted by Gasteiger charge is -2.34. The van der Waals surface area contributed by atoms with Crippen molar-refractivity contribution < 1.29 is 14.3 Å². The second kappa shape index (κ2) is 7.86. The number of rotatable bonds is 4. The van der Waals surface area contributed by atoms with Crippen molar-refractivity contribution in [2.45, 2.75) is 6.92 Å². The minimum Gasteiger partial charge on any atom is -0.496 e. The van der Waals surface area contributed by atoms with Gasteiger partial charge in [0, 0.05) is 33.1 Å². The molecule has 7 heteroatoms. The number of nitrogens with one attached hydrogen (secondary N) is 1. The van der Waals surface area contributed by atoms with E-state index in [9.17, 15) is 9.59 Å². The maximum absolute atomic E-state index is 12.4. The van der Waals surface area contributed by atoms with Crippen molar-refractivity contribution >= 4 is 23.3 Å². The molecule has 1 aromatic carbocycles. The average molecular weight is 354 g/mol. The minimum atomic E-state index is -0.243. The number of aromatic nitrogens is 1. The van der Waals surface area contributed by atoms with Gasteiger partial charge in [0.05, 0.1) is 24.6 Å². The van der Waals surface area contributed by atoms with E-state index in [1.54, 1.807) is 31.3 Å². The summed E-state index contributed by atoms with van der Waals surface area (Å²) in [5.41, 5.74) is 1.09. The van der Waals surface area contributed by atoms with Gasteiger partial charge in [-0.25, -0.2) is 4.98 Å². The van der Waals surface area contributed by atoms with Crippen LogP contribution < -0.4 is 15.0 Å². The molecule has 0 saturated carbocycles. The SMILES string of the molecule is COc1ccccc1C(=O)Nc1ccc(N2CCN(C(C)=O)CC2)nc1. The zero-order chi connectivity index (χ0) is 18.5. The zero-order valence-electron chi connectivity index (χ0n) is 14.9. The summed E-state index contributed by atoms with van der Waals surface area (Å²) in [7, 11) is 1.54. The number of hydrogen-bond acceptors (Lipinski definition) is 5. The summed E-state index contributed by atoms with van der Waals surface area (Å²) in [4.78, 5) is 32.2. The zero-order valence-corrected chi connectivity index (χ0v) is 14.9. The molecule has 0 radical (unpaired) electrons. The Morgan fingerprint density at radius 3 is 2.42 bits per heavy atom. The minimum absolute atomic E-state index is 0.104. The van der Waals surface area contributed by atoms with Gasteiger partial charge in [0.1, 0.15) is 11.6 Å². The second-order valence-electron chi connectivity index (χ2n) is 6.05. The van der Waals surface area contributed by atoms with Gasteiger partial charge in [-0.1, -0.05) is 12.1 Å². The van der Waals surface area contributed by atoms with Crippen LogP contribution >= 0.6 is 0 Å². The maximum Gasteiger partial charge on any atom is 0.259 e. The van der Waals surface area contributed by atoms with Crippen molar-refractivity contribution in [2.75, 3.05) is 43.5 Å². The van der Waals surface area contributed by atoms with E-state index in [1.165, 1.54) is 7.11 Å². The first-order chi connectivity index (χ1) is 12.6. The third-order valence-electron chi connectivity index (χ3n) is 4.41. The summed E-state index contributed by atoms with van der Waals surface area (Å²) >= 11 is 0. The quantitative estimate of drug-likeness (QED) is 0.909. The van der Waals surface area contributed by atoms with Crippen LogP contribution in [-0.2, 0) is 4.79 Å². The summed E-state index contributed by atoms with van der Waals surface area (Å²) in [5, 5.41) is 2.83. The molecule has 3 rings (SSSR count). The number of amides is 2. The lowest BCUT2D eigenvalue weighted by molar-refractivity contribution is -0.129. The molecule has 0 atom stereocenters. The topological polar surface area (TPSA) is 74.8 Å². The molecule has 0 spiro atoms. The molecule has 0 aliphatic carbocycles. The monoisotopic (exact) mass is 354 g/mol. The van der Waals surface area contributed by atoms with Crippen LogP contribution in [0.15, 0.2) is 42.6 Å². The lowest BCUT2D eigenvalue weighted by Crippen LogP contribution is -2.48. The van der Waals surface area contributed by atoms with Crippen molar-refractivity contribution in [3.8, 4) is 5.75 Å². The molecular weight excluding hydrogens is 332 g/mol. The number of anilines is 2. The third-order valence-corrected chi connectivity index (χ3v) is 4.41. The van der Waals surface area contributed by atoms with Crippen LogP contribution in [-0.4, -0.2) is 55.0 Å². The number of para-hydroxylation sites is 1. The normalized spacial score (nSPS) is 14.1. The third kappa shape index (κ3) is 3.93. The number of ether oxygens (including phenoxy) is 1. The molecule has 136 valence electrons. The number of methoxy groups -OCH3 is 1. The van der Waals surface area contributed by atoms with E-state index in [-0.39, 0.29) is 11.8 Å². The van der Waals surface area contributed by atoms with Crippen LogP contribution in [0.3, 0.4) is 0 Å². The Labute approximate surface area is 152 Å². The first kappa shape index (κ1) is 17.7. The predicted molar refractivity (Wildman–Crippen MR) is 99.7 cm³/mol. The fourth-order valence-electron chi connectivity index (χ4n) is 2.93. The number of nitrogens with zero attached hydrogens (tertiary/aromatic N) is 3. The van der Waals surface area contributed by atoms with E-state index in [0.717, 1.165) is 18.9 Å². The Balaban J connectivity index is 1.63. The van der Waals surface area contributed by atoms with Crippen LogP contribution in [0.2, 0.25) is 0 Å². The number of pyridine rings is 1. The smallest absolute Gasteiger partial charge is 0.259 e. The summed E-state index contributed by atoms with van der Waals surface area (Å²) < 4.78 is 5.22. The first-order valence-electron chi connectivity index (χ1n) is 8.49. The van der Waals surface area contributed by atoms with Crippen LogP contribution in [0.5, 0.6) is 5.75 Å². The van der Waals surface area contributed by atoms with E-state index in [4.69, 9.17) is 4.74 Å². The molecular formula is C19H22N4O3. The Morgan fingerprint density at radius 1 is 1.08 bits per heavy atom. The standard InChI is InChI=1S/C19H22N4O3/c1-14(24)22-9-11-23(12-10-22)18-8-7-15(13-20-18)21-19(25)16-5-3-4-6-17(16)26-2/h3-8,13H,9-12H2,1-2H3,(H,21,25). The molecule has 1 aliphatic rings. The van der Waals surface area contributed by atoms with E-state index in [0.29, 0.717) is 30.1 Å². The predicted octanol–water partition coefficient (Wildman–Crippen LogP) is 2.01.